The molecule has 78 heavy (non-hydrogen) atoms. The van der Waals surface area contributed by atoms with Crippen LogP contribution in [0.4, 0.5) is 0 Å². The van der Waals surface area contributed by atoms with E-state index in [-0.39, 0.29) is 31.1 Å². The Balaban J connectivity index is 4.33. The number of esters is 3. The first-order valence-electron chi connectivity index (χ1n) is 31.8. The van der Waals surface area contributed by atoms with Gasteiger partial charge in [0, 0.05) is 19.3 Å². The maximum absolute atomic E-state index is 12.9. The van der Waals surface area contributed by atoms with E-state index in [9.17, 15) is 14.4 Å². The molecule has 0 aromatic rings. The first-order chi connectivity index (χ1) is 38.5. The van der Waals surface area contributed by atoms with Gasteiger partial charge in [-0.05, 0) is 141 Å². The fourth-order valence-electron chi connectivity index (χ4n) is 8.27. The van der Waals surface area contributed by atoms with E-state index in [0.717, 1.165) is 173 Å². The molecule has 6 nitrogen and oxygen atoms in total. The van der Waals surface area contributed by atoms with Gasteiger partial charge < -0.3 is 14.2 Å². The molecule has 0 radical (unpaired) electrons. The van der Waals surface area contributed by atoms with Crippen molar-refractivity contribution >= 4 is 17.9 Å². The number of allylic oxidation sites excluding steroid dienone is 24. The predicted molar refractivity (Wildman–Crippen MR) is 339 cm³/mol. The molecule has 0 amide bonds. The molecular formula is C72H116O6. The number of ether oxygens (including phenoxy) is 3. The highest BCUT2D eigenvalue weighted by atomic mass is 16.6. The normalized spacial score (nSPS) is 13.1. The molecule has 0 rings (SSSR count). The van der Waals surface area contributed by atoms with Crippen LogP contribution in [0.3, 0.4) is 0 Å². The van der Waals surface area contributed by atoms with Gasteiger partial charge in [-0.2, -0.15) is 0 Å². The summed E-state index contributed by atoms with van der Waals surface area (Å²) in [5, 5.41) is 0. The third-order valence-corrected chi connectivity index (χ3v) is 13.0. The summed E-state index contributed by atoms with van der Waals surface area (Å²) in [6, 6.07) is 0. The van der Waals surface area contributed by atoms with Crippen molar-refractivity contribution in [2.45, 2.75) is 277 Å². The molecule has 0 aromatic carbocycles. The minimum atomic E-state index is -0.802. The van der Waals surface area contributed by atoms with Gasteiger partial charge in [-0.3, -0.25) is 14.4 Å². The number of hydrogen-bond acceptors (Lipinski definition) is 6. The van der Waals surface area contributed by atoms with Crippen molar-refractivity contribution in [1.82, 2.24) is 0 Å². The third kappa shape index (κ3) is 62.1. The SMILES string of the molecule is CC/C=C\C/C=C\C/C=C\C/C=C\C/C=C\C/C=C\C/C=C\C/C=C\C/C=C\CCCCCCCC(=O)OCC(COC(=O)CCCCCCC/C=C\CCCCCC)OC(=O)CCCCCCC/C=C\C/C=C\CCCC. The van der Waals surface area contributed by atoms with E-state index in [1.807, 2.05) is 0 Å². The van der Waals surface area contributed by atoms with Crippen LogP contribution in [0.2, 0.25) is 0 Å². The number of carbonyl (C=O) groups excluding carboxylic acids is 3. The summed E-state index contributed by atoms with van der Waals surface area (Å²) in [7, 11) is 0. The Morgan fingerprint density at radius 1 is 0.269 bits per heavy atom. The smallest absolute Gasteiger partial charge is 0.306 e. The van der Waals surface area contributed by atoms with Gasteiger partial charge in [0.15, 0.2) is 6.10 Å². The van der Waals surface area contributed by atoms with Crippen molar-refractivity contribution in [2.24, 2.45) is 0 Å². The van der Waals surface area contributed by atoms with Crippen LogP contribution in [0.15, 0.2) is 146 Å². The van der Waals surface area contributed by atoms with Gasteiger partial charge in [0.2, 0.25) is 0 Å². The van der Waals surface area contributed by atoms with Crippen molar-refractivity contribution in [3.63, 3.8) is 0 Å². The Hall–Kier alpha value is -4.71. The lowest BCUT2D eigenvalue weighted by molar-refractivity contribution is -0.167. The van der Waals surface area contributed by atoms with Crippen LogP contribution in [0, 0.1) is 0 Å². The molecule has 0 bridgehead atoms. The maximum Gasteiger partial charge on any atom is 0.306 e. The van der Waals surface area contributed by atoms with Crippen molar-refractivity contribution in [2.75, 3.05) is 13.2 Å². The van der Waals surface area contributed by atoms with Gasteiger partial charge in [-0.1, -0.05) is 256 Å². The van der Waals surface area contributed by atoms with Crippen molar-refractivity contribution in [3.8, 4) is 0 Å². The molecule has 0 aliphatic rings. The predicted octanol–water partition coefficient (Wildman–Crippen LogP) is 21.9. The molecule has 0 heterocycles. The van der Waals surface area contributed by atoms with Crippen LogP contribution in [0.1, 0.15) is 271 Å². The van der Waals surface area contributed by atoms with E-state index in [1.165, 1.54) is 57.8 Å². The van der Waals surface area contributed by atoms with Crippen LogP contribution in [0.25, 0.3) is 0 Å². The number of carbonyl (C=O) groups is 3. The summed E-state index contributed by atoms with van der Waals surface area (Å²) in [5.41, 5.74) is 0. The van der Waals surface area contributed by atoms with E-state index >= 15 is 0 Å². The largest absolute Gasteiger partial charge is 0.462 e. The lowest BCUT2D eigenvalue weighted by Gasteiger charge is -2.18. The Morgan fingerprint density at radius 3 is 0.833 bits per heavy atom. The van der Waals surface area contributed by atoms with Gasteiger partial charge in [0.25, 0.3) is 0 Å². The number of rotatable bonds is 56. The summed E-state index contributed by atoms with van der Waals surface area (Å²) in [6.07, 6.45) is 92.8. The van der Waals surface area contributed by atoms with Gasteiger partial charge in [0.1, 0.15) is 13.2 Å². The Bertz CT molecular complexity index is 1710. The van der Waals surface area contributed by atoms with E-state index in [2.05, 4.69) is 167 Å². The minimum Gasteiger partial charge on any atom is -0.462 e. The van der Waals surface area contributed by atoms with Crippen LogP contribution >= 0.6 is 0 Å². The average molecular weight is 1080 g/mol. The van der Waals surface area contributed by atoms with Crippen molar-refractivity contribution in [3.05, 3.63) is 146 Å². The number of unbranched alkanes of at least 4 members (excludes halogenated alkanes) is 21. The molecule has 0 saturated heterocycles. The lowest BCUT2D eigenvalue weighted by Crippen LogP contribution is -2.30. The minimum absolute atomic E-state index is 0.0981. The summed E-state index contributed by atoms with van der Waals surface area (Å²) < 4.78 is 16.8. The summed E-state index contributed by atoms with van der Waals surface area (Å²) >= 11 is 0. The summed E-state index contributed by atoms with van der Waals surface area (Å²) in [6.45, 7) is 6.43. The van der Waals surface area contributed by atoms with Crippen LogP contribution < -0.4 is 0 Å². The molecule has 6 heteroatoms. The maximum atomic E-state index is 12.9. The monoisotopic (exact) mass is 1080 g/mol. The van der Waals surface area contributed by atoms with E-state index in [0.29, 0.717) is 19.3 Å². The molecule has 0 aliphatic heterocycles. The van der Waals surface area contributed by atoms with E-state index < -0.39 is 6.10 Å². The van der Waals surface area contributed by atoms with Crippen molar-refractivity contribution in [1.29, 1.82) is 0 Å². The lowest BCUT2D eigenvalue weighted by atomic mass is 10.1. The second-order valence-corrected chi connectivity index (χ2v) is 20.6. The van der Waals surface area contributed by atoms with Gasteiger partial charge in [-0.25, -0.2) is 0 Å². The molecule has 0 aliphatic carbocycles. The molecule has 0 saturated carbocycles. The molecule has 1 unspecified atom stereocenters. The van der Waals surface area contributed by atoms with E-state index in [1.54, 1.807) is 0 Å². The molecular weight excluding hydrogens is 961 g/mol. The standard InChI is InChI=1S/C72H116O6/c1-4-7-10-13-16-19-22-25-27-28-29-30-31-32-33-34-35-36-37-38-39-40-41-42-43-44-45-48-50-53-56-59-62-65-71(74)77-68-69(67-76-70(73)64-61-58-55-52-49-46-24-21-18-15-12-9-6-3)78-72(75)66-63-60-57-54-51-47-26-23-20-17-14-11-8-5-2/h7,10,14,16-17,19,21,23-27,29-30,32-33,35-36,38-39,41-42,44-45,69H,4-6,8-9,11-13,15,18,20,22,28,31,34,37,40,43,46-68H2,1-3H3/b10-7-,17-14-,19-16-,24-21-,26-23-,27-25-,30-29-,33-32-,36-35-,39-38-,42-41-,45-44-. The second-order valence-electron chi connectivity index (χ2n) is 20.6. The first kappa shape index (κ1) is 73.3. The molecule has 1 atom stereocenters. The fraction of sp³-hybridized carbons (Fsp3) is 0.625. The topological polar surface area (TPSA) is 78.9 Å². The molecule has 0 fully saturated rings. The van der Waals surface area contributed by atoms with Crippen LogP contribution in [-0.4, -0.2) is 37.2 Å². The highest BCUT2D eigenvalue weighted by Crippen LogP contribution is 2.14. The molecule has 0 spiro atoms. The zero-order valence-corrected chi connectivity index (χ0v) is 50.4. The highest BCUT2D eigenvalue weighted by molar-refractivity contribution is 5.71. The van der Waals surface area contributed by atoms with Crippen molar-refractivity contribution < 1.29 is 28.6 Å². The third-order valence-electron chi connectivity index (χ3n) is 13.0. The number of hydrogen-bond donors (Lipinski definition) is 0. The molecule has 440 valence electrons. The quantitative estimate of drug-likeness (QED) is 0.0261. The highest BCUT2D eigenvalue weighted by Gasteiger charge is 2.19. The van der Waals surface area contributed by atoms with E-state index in [4.69, 9.17) is 14.2 Å². The van der Waals surface area contributed by atoms with Gasteiger partial charge in [0.05, 0.1) is 0 Å². The zero-order valence-electron chi connectivity index (χ0n) is 50.4. The zero-order chi connectivity index (χ0) is 56.4. The first-order valence-corrected chi connectivity index (χ1v) is 31.8. The average Bonchev–Trinajstić information content (AvgIpc) is 3.44. The van der Waals surface area contributed by atoms with Crippen LogP contribution in [0.5, 0.6) is 0 Å². The second kappa shape index (κ2) is 64.8. The van der Waals surface area contributed by atoms with Gasteiger partial charge >= 0.3 is 17.9 Å². The summed E-state index contributed by atoms with van der Waals surface area (Å²) in [5.74, 6) is -0.943. The Kier molecular flexibility index (Phi) is 60.9. The summed E-state index contributed by atoms with van der Waals surface area (Å²) in [4.78, 5) is 38.2. The molecule has 0 aromatic heterocycles. The Labute approximate surface area is 480 Å². The molecule has 0 N–H and O–H groups in total. The fourth-order valence-corrected chi connectivity index (χ4v) is 8.27. The van der Waals surface area contributed by atoms with Gasteiger partial charge in [-0.15, -0.1) is 0 Å². The Morgan fingerprint density at radius 2 is 0.513 bits per heavy atom. The van der Waals surface area contributed by atoms with Crippen LogP contribution in [-0.2, 0) is 28.6 Å².